The topological polar surface area (TPSA) is 87.0 Å². The largest absolute Gasteiger partial charge is 0.497 e. The van der Waals surface area contributed by atoms with Crippen LogP contribution in [0, 0.1) is 5.82 Å². The fourth-order valence-electron chi connectivity index (χ4n) is 3.90. The molecule has 0 aliphatic heterocycles. The molecule has 0 amide bonds. The number of hydrogen-bond donors (Lipinski definition) is 1. The highest BCUT2D eigenvalue weighted by Gasteiger charge is 2.18. The van der Waals surface area contributed by atoms with E-state index in [2.05, 4.69) is 15.2 Å². The first kappa shape index (κ1) is 23.7. The number of H-pyrrole nitrogens is 1. The lowest BCUT2D eigenvalue weighted by Crippen LogP contribution is -2.17. The number of methoxy groups -OCH3 is 1. The van der Waals surface area contributed by atoms with E-state index in [1.165, 1.54) is 17.8 Å². The predicted molar refractivity (Wildman–Crippen MR) is 137 cm³/mol. The molecular formula is C26H24FN5O3S. The van der Waals surface area contributed by atoms with E-state index in [0.29, 0.717) is 41.1 Å². The van der Waals surface area contributed by atoms with E-state index in [9.17, 15) is 9.18 Å². The summed E-state index contributed by atoms with van der Waals surface area (Å²) in [7, 11) is 1.60. The van der Waals surface area contributed by atoms with E-state index in [-0.39, 0.29) is 18.1 Å². The van der Waals surface area contributed by atoms with E-state index in [4.69, 9.17) is 9.47 Å². The maximum absolute atomic E-state index is 14.7. The summed E-state index contributed by atoms with van der Waals surface area (Å²) in [5.41, 5.74) is 1.91. The molecule has 5 aromatic rings. The van der Waals surface area contributed by atoms with E-state index >= 15 is 0 Å². The van der Waals surface area contributed by atoms with Crippen LogP contribution in [-0.2, 0) is 13.2 Å². The summed E-state index contributed by atoms with van der Waals surface area (Å²) in [4.78, 5) is 15.2. The number of aryl methyl sites for hydroxylation is 1. The summed E-state index contributed by atoms with van der Waals surface area (Å²) in [6, 6.07) is 21.3. The van der Waals surface area contributed by atoms with Gasteiger partial charge in [-0.1, -0.05) is 36.0 Å². The molecule has 0 spiro atoms. The number of imidazole rings is 1. The molecule has 0 unspecified atom stereocenters. The lowest BCUT2D eigenvalue weighted by molar-refractivity contribution is 0.292. The number of nitrogens with one attached hydrogen (secondary N) is 1. The molecule has 184 valence electrons. The molecule has 1 N–H and O–H groups in total. The summed E-state index contributed by atoms with van der Waals surface area (Å²) in [6.45, 7) is 0.663. The molecule has 0 radical (unpaired) electrons. The van der Waals surface area contributed by atoms with Gasteiger partial charge in [-0.2, -0.15) is 0 Å². The third-order valence-corrected chi connectivity index (χ3v) is 6.68. The molecule has 2 heterocycles. The second-order valence-electron chi connectivity index (χ2n) is 7.95. The smallest absolute Gasteiger partial charge is 0.326 e. The van der Waals surface area contributed by atoms with Crippen molar-refractivity contribution < 1.29 is 13.9 Å². The van der Waals surface area contributed by atoms with Gasteiger partial charge in [-0.05, 0) is 55.0 Å². The second kappa shape index (κ2) is 10.7. The van der Waals surface area contributed by atoms with Gasteiger partial charge in [-0.25, -0.2) is 9.18 Å². The Hall–Kier alpha value is -4.05. The molecule has 0 atom stereocenters. The van der Waals surface area contributed by atoms with Crippen LogP contribution in [0.3, 0.4) is 0 Å². The summed E-state index contributed by atoms with van der Waals surface area (Å²) in [5, 5.41) is 9.15. The van der Waals surface area contributed by atoms with Crippen molar-refractivity contribution >= 4 is 22.8 Å². The maximum atomic E-state index is 14.7. The standard InChI is InChI=1S/C26H24FN5O3S/c1-34-18-11-13-19(14-12-18)35-17-24-29-30-26(32(24)22-9-4-2-7-20(22)27)36-16-6-15-31-23-10-5-3-8-21(23)28-25(31)33/h2-5,7-14H,6,15-17H2,1H3,(H,28,33). The summed E-state index contributed by atoms with van der Waals surface area (Å²) in [6.07, 6.45) is 0.717. The molecule has 0 fully saturated rings. The molecule has 0 saturated carbocycles. The first-order valence-electron chi connectivity index (χ1n) is 11.4. The van der Waals surface area contributed by atoms with Crippen molar-refractivity contribution in [2.24, 2.45) is 0 Å². The molecule has 36 heavy (non-hydrogen) atoms. The highest BCUT2D eigenvalue weighted by Crippen LogP contribution is 2.26. The van der Waals surface area contributed by atoms with Crippen molar-refractivity contribution in [3.8, 4) is 17.2 Å². The minimum atomic E-state index is -0.379. The van der Waals surface area contributed by atoms with Crippen molar-refractivity contribution in [2.75, 3.05) is 12.9 Å². The number of ether oxygens (including phenoxy) is 2. The number of aromatic amines is 1. The SMILES string of the molecule is COc1ccc(OCc2nnc(SCCCn3c(=O)[nH]c4ccccc43)n2-c2ccccc2F)cc1. The number of rotatable bonds is 10. The van der Waals surface area contributed by atoms with E-state index in [1.54, 1.807) is 58.7 Å². The summed E-state index contributed by atoms with van der Waals surface area (Å²) >= 11 is 1.46. The number of benzene rings is 3. The minimum Gasteiger partial charge on any atom is -0.497 e. The van der Waals surface area contributed by atoms with Crippen LogP contribution in [-0.4, -0.2) is 37.2 Å². The number of nitrogens with zero attached hydrogens (tertiary/aromatic N) is 4. The van der Waals surface area contributed by atoms with Crippen LogP contribution in [0.1, 0.15) is 12.2 Å². The predicted octanol–water partition coefficient (Wildman–Crippen LogP) is 4.82. The maximum Gasteiger partial charge on any atom is 0.326 e. The second-order valence-corrected chi connectivity index (χ2v) is 9.01. The van der Waals surface area contributed by atoms with Crippen LogP contribution < -0.4 is 15.2 Å². The summed E-state index contributed by atoms with van der Waals surface area (Å²) in [5.74, 6) is 2.13. The van der Waals surface area contributed by atoms with Crippen LogP contribution >= 0.6 is 11.8 Å². The van der Waals surface area contributed by atoms with Gasteiger partial charge in [0, 0.05) is 12.3 Å². The molecule has 0 aliphatic carbocycles. The molecule has 3 aromatic carbocycles. The van der Waals surface area contributed by atoms with Gasteiger partial charge in [0.05, 0.1) is 23.8 Å². The van der Waals surface area contributed by atoms with Crippen molar-refractivity contribution in [1.29, 1.82) is 0 Å². The lowest BCUT2D eigenvalue weighted by Gasteiger charge is -2.12. The average Bonchev–Trinajstić information content (AvgIpc) is 3.45. The third-order valence-electron chi connectivity index (χ3n) is 5.66. The summed E-state index contributed by atoms with van der Waals surface area (Å²) < 4.78 is 29.2. The Morgan fingerprint density at radius 2 is 1.72 bits per heavy atom. The number of para-hydroxylation sites is 3. The van der Waals surface area contributed by atoms with Gasteiger partial charge in [0.15, 0.2) is 11.0 Å². The number of halogens is 1. The Morgan fingerprint density at radius 1 is 0.972 bits per heavy atom. The average molecular weight is 506 g/mol. The number of fused-ring (bicyclic) bond motifs is 1. The quantitative estimate of drug-likeness (QED) is 0.216. The van der Waals surface area contributed by atoms with Crippen molar-refractivity contribution in [1.82, 2.24) is 24.3 Å². The molecule has 10 heteroatoms. The third kappa shape index (κ3) is 4.99. The van der Waals surface area contributed by atoms with Gasteiger partial charge >= 0.3 is 5.69 Å². The van der Waals surface area contributed by atoms with Crippen molar-refractivity contribution in [2.45, 2.75) is 24.7 Å². The molecule has 0 saturated heterocycles. The Morgan fingerprint density at radius 3 is 2.53 bits per heavy atom. The fourth-order valence-corrected chi connectivity index (χ4v) is 4.78. The highest BCUT2D eigenvalue weighted by atomic mass is 32.2. The van der Waals surface area contributed by atoms with Gasteiger partial charge in [0.1, 0.15) is 23.9 Å². The zero-order valence-electron chi connectivity index (χ0n) is 19.6. The van der Waals surface area contributed by atoms with Crippen LogP contribution in [0.4, 0.5) is 4.39 Å². The molecule has 5 rings (SSSR count). The van der Waals surface area contributed by atoms with Gasteiger partial charge in [-0.3, -0.25) is 9.13 Å². The van der Waals surface area contributed by atoms with Crippen molar-refractivity contribution in [3.63, 3.8) is 0 Å². The van der Waals surface area contributed by atoms with Crippen LogP contribution in [0.15, 0.2) is 82.7 Å². The molecule has 8 nitrogen and oxygen atoms in total. The van der Waals surface area contributed by atoms with Gasteiger partial charge in [-0.15, -0.1) is 10.2 Å². The zero-order valence-corrected chi connectivity index (χ0v) is 20.4. The molecule has 0 bridgehead atoms. The zero-order chi connectivity index (χ0) is 24.9. The van der Waals surface area contributed by atoms with Crippen LogP contribution in [0.25, 0.3) is 16.7 Å². The molecular weight excluding hydrogens is 481 g/mol. The normalized spacial score (nSPS) is 11.2. The first-order chi connectivity index (χ1) is 17.6. The van der Waals surface area contributed by atoms with Gasteiger partial charge in [0.25, 0.3) is 0 Å². The van der Waals surface area contributed by atoms with Crippen LogP contribution in [0.2, 0.25) is 0 Å². The first-order valence-corrected chi connectivity index (χ1v) is 12.4. The van der Waals surface area contributed by atoms with E-state index < -0.39 is 0 Å². The molecule has 2 aromatic heterocycles. The Kier molecular flexibility index (Phi) is 7.03. The number of thioether (sulfide) groups is 1. The Balaban J connectivity index is 1.31. The van der Waals surface area contributed by atoms with E-state index in [1.807, 2.05) is 24.3 Å². The fraction of sp³-hybridized carbons (Fsp3) is 0.192. The number of hydrogen-bond acceptors (Lipinski definition) is 6. The van der Waals surface area contributed by atoms with E-state index in [0.717, 1.165) is 16.8 Å². The van der Waals surface area contributed by atoms with Gasteiger partial charge in [0.2, 0.25) is 0 Å². The minimum absolute atomic E-state index is 0.110. The Bertz CT molecular complexity index is 1530. The van der Waals surface area contributed by atoms with Crippen LogP contribution in [0.5, 0.6) is 11.5 Å². The molecule has 0 aliphatic rings. The number of aromatic nitrogens is 5. The van der Waals surface area contributed by atoms with Crippen molar-refractivity contribution in [3.05, 3.63) is 94.9 Å². The lowest BCUT2D eigenvalue weighted by atomic mass is 10.3. The Labute approximate surface area is 210 Å². The monoisotopic (exact) mass is 505 g/mol. The van der Waals surface area contributed by atoms with Gasteiger partial charge < -0.3 is 14.5 Å². The highest BCUT2D eigenvalue weighted by molar-refractivity contribution is 7.99.